The van der Waals surface area contributed by atoms with Crippen LogP contribution in [0.3, 0.4) is 0 Å². The molecule has 1 aliphatic carbocycles. The molecule has 0 aromatic carbocycles. The van der Waals surface area contributed by atoms with E-state index in [-0.39, 0.29) is 24.0 Å². The molecule has 1 saturated carbocycles. The van der Waals surface area contributed by atoms with Crippen molar-refractivity contribution in [3.63, 3.8) is 0 Å². The summed E-state index contributed by atoms with van der Waals surface area (Å²) in [5.41, 5.74) is 0. The number of carboxylic acids is 1. The Balaban J connectivity index is 2.50. The zero-order valence-electron chi connectivity index (χ0n) is 10.2. The fourth-order valence-electron chi connectivity index (χ4n) is 2.42. The Bertz CT molecular complexity index is 252. The average molecular weight is 226 g/mol. The Morgan fingerprint density at radius 3 is 2.19 bits per heavy atom. The minimum atomic E-state index is -0.834. The van der Waals surface area contributed by atoms with Gasteiger partial charge in [-0.15, -0.1) is 0 Å². The van der Waals surface area contributed by atoms with E-state index in [2.05, 4.69) is 0 Å². The normalized spacial score (nSPS) is 19.7. The smallest absolute Gasteiger partial charge is 0.307 e. The fraction of sp³-hybridized carbons (Fsp3) is 0.846. The number of aliphatic carboxylic acids is 1. The highest BCUT2D eigenvalue weighted by Gasteiger charge is 2.28. The summed E-state index contributed by atoms with van der Waals surface area (Å²) in [5.74, 6) is -1.01. The zero-order valence-corrected chi connectivity index (χ0v) is 10.2. The molecule has 0 amide bonds. The van der Waals surface area contributed by atoms with Crippen LogP contribution in [0.4, 0.5) is 0 Å². The third-order valence-electron chi connectivity index (χ3n) is 3.60. The molecule has 1 fully saturated rings. The first-order chi connectivity index (χ1) is 7.52. The van der Waals surface area contributed by atoms with E-state index < -0.39 is 11.9 Å². The van der Waals surface area contributed by atoms with Gasteiger partial charge in [0.05, 0.1) is 5.92 Å². The predicted molar refractivity (Wildman–Crippen MR) is 62.2 cm³/mol. The van der Waals surface area contributed by atoms with Gasteiger partial charge in [0.15, 0.2) is 0 Å². The van der Waals surface area contributed by atoms with Gasteiger partial charge >= 0.3 is 5.97 Å². The molecular formula is C13H22O3. The minimum absolute atomic E-state index is 0.0324. The third-order valence-corrected chi connectivity index (χ3v) is 3.60. The van der Waals surface area contributed by atoms with Crippen molar-refractivity contribution in [2.24, 2.45) is 17.8 Å². The van der Waals surface area contributed by atoms with Crippen LogP contribution >= 0.6 is 0 Å². The summed E-state index contributed by atoms with van der Waals surface area (Å²) in [6.07, 6.45) is 5.60. The third kappa shape index (κ3) is 3.62. The van der Waals surface area contributed by atoms with Gasteiger partial charge in [-0.1, -0.05) is 33.1 Å². The lowest BCUT2D eigenvalue weighted by molar-refractivity contribution is -0.146. The monoisotopic (exact) mass is 226 g/mol. The summed E-state index contributed by atoms with van der Waals surface area (Å²) in [6.45, 7) is 3.74. The van der Waals surface area contributed by atoms with Gasteiger partial charge in [0.25, 0.3) is 0 Å². The van der Waals surface area contributed by atoms with Crippen LogP contribution < -0.4 is 0 Å². The van der Waals surface area contributed by atoms with Gasteiger partial charge in [0.1, 0.15) is 5.78 Å². The zero-order chi connectivity index (χ0) is 12.1. The van der Waals surface area contributed by atoms with E-state index in [0.717, 1.165) is 25.7 Å². The molecule has 0 radical (unpaired) electrons. The molecule has 0 heterocycles. The number of carbonyl (C=O) groups excluding carboxylic acids is 1. The quantitative estimate of drug-likeness (QED) is 0.784. The van der Waals surface area contributed by atoms with Crippen molar-refractivity contribution in [1.82, 2.24) is 0 Å². The molecule has 3 nitrogen and oxygen atoms in total. The summed E-state index contributed by atoms with van der Waals surface area (Å²) in [5, 5.41) is 9.04. The SMILES string of the molecule is CC(C)[C@H](CC(=O)C1CCCCC1)C(=O)O. The van der Waals surface area contributed by atoms with E-state index in [9.17, 15) is 9.59 Å². The van der Waals surface area contributed by atoms with Crippen molar-refractivity contribution in [2.45, 2.75) is 52.4 Å². The molecule has 16 heavy (non-hydrogen) atoms. The maximum atomic E-state index is 12.0. The second-order valence-corrected chi connectivity index (χ2v) is 5.19. The number of carboxylic acid groups (broad SMARTS) is 1. The molecule has 0 aromatic rings. The Hall–Kier alpha value is -0.860. The van der Waals surface area contributed by atoms with Crippen molar-refractivity contribution in [2.75, 3.05) is 0 Å². The Morgan fingerprint density at radius 2 is 1.75 bits per heavy atom. The summed E-state index contributed by atoms with van der Waals surface area (Å²) in [7, 11) is 0. The fourth-order valence-corrected chi connectivity index (χ4v) is 2.42. The molecule has 0 aliphatic heterocycles. The lowest BCUT2D eigenvalue weighted by Gasteiger charge is -2.23. The molecule has 92 valence electrons. The molecule has 0 spiro atoms. The van der Waals surface area contributed by atoms with E-state index >= 15 is 0 Å². The largest absolute Gasteiger partial charge is 0.481 e. The highest BCUT2D eigenvalue weighted by Crippen LogP contribution is 2.27. The molecule has 0 unspecified atom stereocenters. The highest BCUT2D eigenvalue weighted by atomic mass is 16.4. The average Bonchev–Trinajstić information content (AvgIpc) is 2.25. The van der Waals surface area contributed by atoms with Crippen LogP contribution in [-0.4, -0.2) is 16.9 Å². The van der Waals surface area contributed by atoms with Crippen molar-refractivity contribution >= 4 is 11.8 Å². The van der Waals surface area contributed by atoms with E-state index in [0.29, 0.717) is 0 Å². The molecule has 3 heteroatoms. The van der Waals surface area contributed by atoms with Gasteiger partial charge in [0, 0.05) is 12.3 Å². The van der Waals surface area contributed by atoms with Gasteiger partial charge in [-0.2, -0.15) is 0 Å². The highest BCUT2D eigenvalue weighted by molar-refractivity contribution is 5.85. The topological polar surface area (TPSA) is 54.4 Å². The second-order valence-electron chi connectivity index (χ2n) is 5.19. The van der Waals surface area contributed by atoms with Crippen molar-refractivity contribution in [3.8, 4) is 0 Å². The molecule has 0 saturated heterocycles. The summed E-state index contributed by atoms with van der Waals surface area (Å²) in [4.78, 5) is 23.0. The second kappa shape index (κ2) is 6.02. The predicted octanol–water partition coefficient (Wildman–Crippen LogP) is 2.88. The molecule has 1 N–H and O–H groups in total. The van der Waals surface area contributed by atoms with Gasteiger partial charge in [0.2, 0.25) is 0 Å². The van der Waals surface area contributed by atoms with Crippen LogP contribution in [-0.2, 0) is 9.59 Å². The molecule has 0 aromatic heterocycles. The number of ketones is 1. The van der Waals surface area contributed by atoms with Crippen molar-refractivity contribution in [1.29, 1.82) is 0 Å². The minimum Gasteiger partial charge on any atom is -0.481 e. The van der Waals surface area contributed by atoms with Gasteiger partial charge < -0.3 is 5.11 Å². The van der Waals surface area contributed by atoms with Gasteiger partial charge in [-0.05, 0) is 18.8 Å². The number of carbonyl (C=O) groups is 2. The first kappa shape index (κ1) is 13.2. The summed E-state index contributed by atoms with van der Waals surface area (Å²) < 4.78 is 0. The van der Waals surface area contributed by atoms with Crippen molar-refractivity contribution < 1.29 is 14.7 Å². The van der Waals surface area contributed by atoms with E-state index in [1.165, 1.54) is 6.42 Å². The number of rotatable bonds is 5. The first-order valence-corrected chi connectivity index (χ1v) is 6.28. The van der Waals surface area contributed by atoms with Crippen LogP contribution in [0.1, 0.15) is 52.4 Å². The summed E-state index contributed by atoms with van der Waals surface area (Å²) >= 11 is 0. The van der Waals surface area contributed by atoms with Crippen LogP contribution in [0, 0.1) is 17.8 Å². The van der Waals surface area contributed by atoms with E-state index in [4.69, 9.17) is 5.11 Å². The molecule has 1 aliphatic rings. The number of Topliss-reactive ketones (excluding diaryl/α,β-unsaturated/α-hetero) is 1. The Morgan fingerprint density at radius 1 is 1.19 bits per heavy atom. The van der Waals surface area contributed by atoms with Gasteiger partial charge in [-0.3, -0.25) is 9.59 Å². The molecular weight excluding hydrogens is 204 g/mol. The first-order valence-electron chi connectivity index (χ1n) is 6.28. The summed E-state index contributed by atoms with van der Waals surface area (Å²) in [6, 6.07) is 0. The van der Waals surface area contributed by atoms with E-state index in [1.807, 2.05) is 13.8 Å². The van der Waals surface area contributed by atoms with Gasteiger partial charge in [-0.25, -0.2) is 0 Å². The van der Waals surface area contributed by atoms with Crippen LogP contribution in [0.25, 0.3) is 0 Å². The number of hydrogen-bond donors (Lipinski definition) is 1. The Kier molecular flexibility index (Phi) is 4.97. The maximum absolute atomic E-state index is 12.0. The molecule has 1 rings (SSSR count). The molecule has 0 bridgehead atoms. The Labute approximate surface area is 97.2 Å². The maximum Gasteiger partial charge on any atom is 0.307 e. The van der Waals surface area contributed by atoms with E-state index in [1.54, 1.807) is 0 Å². The van der Waals surface area contributed by atoms with Crippen LogP contribution in [0.15, 0.2) is 0 Å². The standard InChI is InChI=1S/C13H22O3/c1-9(2)11(13(15)16)8-12(14)10-6-4-3-5-7-10/h9-11H,3-8H2,1-2H3,(H,15,16)/t11-/m0/s1. The van der Waals surface area contributed by atoms with Crippen LogP contribution in [0.5, 0.6) is 0 Å². The lowest BCUT2D eigenvalue weighted by atomic mass is 9.81. The van der Waals surface area contributed by atoms with Crippen molar-refractivity contribution in [3.05, 3.63) is 0 Å². The molecule has 1 atom stereocenters. The number of hydrogen-bond acceptors (Lipinski definition) is 2. The van der Waals surface area contributed by atoms with Crippen LogP contribution in [0.2, 0.25) is 0 Å². The lowest BCUT2D eigenvalue weighted by Crippen LogP contribution is -2.27.